The average Bonchev–Trinajstić information content (AvgIpc) is 2.57. The zero-order valence-corrected chi connectivity index (χ0v) is 15.3. The fourth-order valence-electron chi connectivity index (χ4n) is 2.46. The molecular weight excluding hydrogens is 336 g/mol. The van der Waals surface area contributed by atoms with Gasteiger partial charge in [0.2, 0.25) is 11.8 Å². The van der Waals surface area contributed by atoms with Crippen LogP contribution in [0.15, 0.2) is 48.5 Å². The molecule has 4 nitrogen and oxygen atoms in total. The number of aryl methyl sites for hydroxylation is 1. The summed E-state index contributed by atoms with van der Waals surface area (Å²) < 4.78 is 0. The molecule has 0 heterocycles. The smallest absolute Gasteiger partial charge is 0.224 e. The molecule has 0 unspecified atom stereocenters. The van der Waals surface area contributed by atoms with Crippen molar-refractivity contribution in [2.24, 2.45) is 5.92 Å². The molecular formula is C20H23ClN2O2. The van der Waals surface area contributed by atoms with Gasteiger partial charge >= 0.3 is 0 Å². The topological polar surface area (TPSA) is 58.2 Å². The molecule has 0 aliphatic carbocycles. The molecule has 0 spiro atoms. The Bertz CT molecular complexity index is 732. The van der Waals surface area contributed by atoms with Crippen molar-refractivity contribution < 1.29 is 9.59 Å². The van der Waals surface area contributed by atoms with Crippen LogP contribution in [0.3, 0.4) is 0 Å². The monoisotopic (exact) mass is 358 g/mol. The molecule has 0 saturated carbocycles. The summed E-state index contributed by atoms with van der Waals surface area (Å²) in [4.78, 5) is 24.1. The fourth-order valence-corrected chi connectivity index (χ4v) is 2.64. The van der Waals surface area contributed by atoms with E-state index in [-0.39, 0.29) is 24.2 Å². The van der Waals surface area contributed by atoms with Gasteiger partial charge in [0.25, 0.3) is 0 Å². The number of rotatable bonds is 7. The van der Waals surface area contributed by atoms with Crippen LogP contribution < -0.4 is 10.6 Å². The van der Waals surface area contributed by atoms with Gasteiger partial charge in [0.1, 0.15) is 0 Å². The minimum absolute atomic E-state index is 0.0447. The van der Waals surface area contributed by atoms with Crippen LogP contribution in [-0.2, 0) is 16.1 Å². The SMILES string of the molecule is Cc1ccc(NC(=O)C[C@H](C)CC(=O)NCc2ccccc2)cc1Cl. The third-order valence-corrected chi connectivity index (χ3v) is 4.26. The minimum Gasteiger partial charge on any atom is -0.352 e. The Hall–Kier alpha value is -2.33. The lowest BCUT2D eigenvalue weighted by Crippen LogP contribution is -2.26. The van der Waals surface area contributed by atoms with Crippen molar-refractivity contribution in [3.63, 3.8) is 0 Å². The zero-order valence-electron chi connectivity index (χ0n) is 14.5. The molecule has 2 N–H and O–H groups in total. The lowest BCUT2D eigenvalue weighted by atomic mass is 10.0. The molecule has 2 amide bonds. The van der Waals surface area contributed by atoms with Gasteiger partial charge in [-0.15, -0.1) is 0 Å². The Morgan fingerprint density at radius 3 is 2.40 bits per heavy atom. The van der Waals surface area contributed by atoms with Gasteiger partial charge in [0.15, 0.2) is 0 Å². The third kappa shape index (κ3) is 6.59. The van der Waals surface area contributed by atoms with Crippen LogP contribution in [0.5, 0.6) is 0 Å². The highest BCUT2D eigenvalue weighted by atomic mass is 35.5. The van der Waals surface area contributed by atoms with Crippen molar-refractivity contribution in [2.45, 2.75) is 33.2 Å². The van der Waals surface area contributed by atoms with Gasteiger partial charge < -0.3 is 10.6 Å². The fraction of sp³-hybridized carbons (Fsp3) is 0.300. The van der Waals surface area contributed by atoms with Crippen LogP contribution in [0.4, 0.5) is 5.69 Å². The van der Waals surface area contributed by atoms with Gasteiger partial charge in [-0.25, -0.2) is 0 Å². The van der Waals surface area contributed by atoms with E-state index in [4.69, 9.17) is 11.6 Å². The van der Waals surface area contributed by atoms with E-state index in [2.05, 4.69) is 10.6 Å². The highest BCUT2D eigenvalue weighted by Gasteiger charge is 2.14. The molecule has 0 fully saturated rings. The molecule has 0 saturated heterocycles. The molecule has 2 aromatic rings. The average molecular weight is 359 g/mol. The maximum Gasteiger partial charge on any atom is 0.224 e. The largest absolute Gasteiger partial charge is 0.352 e. The van der Waals surface area contributed by atoms with E-state index in [0.29, 0.717) is 23.7 Å². The number of halogens is 1. The van der Waals surface area contributed by atoms with E-state index < -0.39 is 0 Å². The molecule has 0 radical (unpaired) electrons. The number of hydrogen-bond acceptors (Lipinski definition) is 2. The predicted octanol–water partition coefficient (Wildman–Crippen LogP) is 4.32. The third-order valence-electron chi connectivity index (χ3n) is 3.86. The summed E-state index contributed by atoms with van der Waals surface area (Å²) in [5.74, 6) is -0.220. The maximum atomic E-state index is 12.1. The van der Waals surface area contributed by atoms with Crippen LogP contribution in [0.2, 0.25) is 5.02 Å². The first-order valence-corrected chi connectivity index (χ1v) is 8.68. The Labute approximate surface area is 153 Å². The van der Waals surface area contributed by atoms with Crippen molar-refractivity contribution in [3.05, 3.63) is 64.7 Å². The molecule has 2 rings (SSSR count). The minimum atomic E-state index is -0.122. The molecule has 2 aromatic carbocycles. The summed E-state index contributed by atoms with van der Waals surface area (Å²) in [6.07, 6.45) is 0.596. The van der Waals surface area contributed by atoms with Crippen LogP contribution in [0.1, 0.15) is 30.9 Å². The van der Waals surface area contributed by atoms with Crippen LogP contribution in [0.25, 0.3) is 0 Å². The van der Waals surface area contributed by atoms with Gasteiger partial charge in [0.05, 0.1) is 0 Å². The lowest BCUT2D eigenvalue weighted by molar-refractivity contribution is -0.122. The first-order valence-electron chi connectivity index (χ1n) is 8.30. The summed E-state index contributed by atoms with van der Waals surface area (Å²) in [5.41, 5.74) is 2.68. The van der Waals surface area contributed by atoms with E-state index in [1.54, 1.807) is 6.07 Å². The number of hydrogen-bond donors (Lipinski definition) is 2. The normalized spacial score (nSPS) is 11.6. The molecule has 0 aromatic heterocycles. The van der Waals surface area contributed by atoms with E-state index in [1.165, 1.54) is 0 Å². The second kappa shape index (κ2) is 9.23. The molecule has 1 atom stereocenters. The Morgan fingerprint density at radius 1 is 1.04 bits per heavy atom. The predicted molar refractivity (Wildman–Crippen MR) is 102 cm³/mol. The Balaban J connectivity index is 1.74. The van der Waals surface area contributed by atoms with Crippen molar-refractivity contribution in [3.8, 4) is 0 Å². The van der Waals surface area contributed by atoms with Crippen LogP contribution in [-0.4, -0.2) is 11.8 Å². The Morgan fingerprint density at radius 2 is 1.72 bits per heavy atom. The number of nitrogens with one attached hydrogen (secondary N) is 2. The van der Waals surface area contributed by atoms with E-state index in [1.807, 2.05) is 56.3 Å². The van der Waals surface area contributed by atoms with Crippen molar-refractivity contribution in [2.75, 3.05) is 5.32 Å². The van der Waals surface area contributed by atoms with E-state index >= 15 is 0 Å². The lowest BCUT2D eigenvalue weighted by Gasteiger charge is -2.12. The second-order valence-electron chi connectivity index (χ2n) is 6.29. The standard InChI is InChI=1S/C20H23ClN2O2/c1-14(10-19(24)22-13-16-6-4-3-5-7-16)11-20(25)23-17-9-8-15(2)18(21)12-17/h3-9,12,14H,10-11,13H2,1-2H3,(H,22,24)(H,23,25)/t14-/m1/s1. The highest BCUT2D eigenvalue weighted by Crippen LogP contribution is 2.20. The number of anilines is 1. The number of amides is 2. The molecule has 0 aliphatic heterocycles. The Kier molecular flexibility index (Phi) is 7.02. The van der Waals surface area contributed by atoms with Crippen molar-refractivity contribution >= 4 is 29.1 Å². The highest BCUT2D eigenvalue weighted by molar-refractivity contribution is 6.31. The van der Waals surface area contributed by atoms with Crippen molar-refractivity contribution in [1.82, 2.24) is 5.32 Å². The zero-order chi connectivity index (χ0) is 18.2. The van der Waals surface area contributed by atoms with Gasteiger partial charge in [-0.05, 0) is 36.1 Å². The molecule has 0 bridgehead atoms. The van der Waals surface area contributed by atoms with E-state index in [9.17, 15) is 9.59 Å². The number of benzene rings is 2. The second-order valence-corrected chi connectivity index (χ2v) is 6.70. The molecule has 5 heteroatoms. The molecule has 0 aliphatic rings. The quantitative estimate of drug-likeness (QED) is 0.774. The van der Waals surface area contributed by atoms with Crippen LogP contribution in [0, 0.1) is 12.8 Å². The van der Waals surface area contributed by atoms with Crippen LogP contribution >= 0.6 is 11.6 Å². The molecule has 25 heavy (non-hydrogen) atoms. The van der Waals surface area contributed by atoms with E-state index in [0.717, 1.165) is 11.1 Å². The summed E-state index contributed by atoms with van der Waals surface area (Å²) in [6, 6.07) is 15.1. The first-order chi connectivity index (χ1) is 11.9. The first kappa shape index (κ1) is 19.0. The summed E-state index contributed by atoms with van der Waals surface area (Å²) in [7, 11) is 0. The summed E-state index contributed by atoms with van der Waals surface area (Å²) >= 11 is 6.05. The number of carbonyl (C=O) groups is 2. The van der Waals surface area contributed by atoms with Gasteiger partial charge in [-0.1, -0.05) is 54.9 Å². The molecule has 132 valence electrons. The van der Waals surface area contributed by atoms with Gasteiger partial charge in [-0.3, -0.25) is 9.59 Å². The maximum absolute atomic E-state index is 12.1. The number of carbonyl (C=O) groups excluding carboxylic acids is 2. The van der Waals surface area contributed by atoms with Gasteiger partial charge in [-0.2, -0.15) is 0 Å². The van der Waals surface area contributed by atoms with Gasteiger partial charge in [0, 0.05) is 30.1 Å². The summed E-state index contributed by atoms with van der Waals surface area (Å²) in [6.45, 7) is 4.30. The van der Waals surface area contributed by atoms with Crippen molar-refractivity contribution in [1.29, 1.82) is 0 Å². The summed E-state index contributed by atoms with van der Waals surface area (Å²) in [5, 5.41) is 6.31.